The number of Topliss-reactive ketones (excluding diaryl/α,β-unsaturated/α-hetero) is 1. The minimum absolute atomic E-state index is 0.310. The SMILES string of the molecule is CC1=C[SH](CC(=O)C[SH]2C=C(C)C(C)=C2)C=C1C. The lowest BCUT2D eigenvalue weighted by Crippen LogP contribution is -2.07. The van der Waals surface area contributed by atoms with E-state index in [1.165, 1.54) is 22.3 Å². The molecule has 0 aromatic carbocycles. The molecule has 3 heteroatoms. The predicted molar refractivity (Wildman–Crippen MR) is 87.7 cm³/mol. The van der Waals surface area contributed by atoms with Gasteiger partial charge in [0, 0.05) is 11.5 Å². The van der Waals surface area contributed by atoms with Gasteiger partial charge in [-0.05, 0) is 71.6 Å². The fourth-order valence-corrected chi connectivity index (χ4v) is 6.65. The van der Waals surface area contributed by atoms with Crippen LogP contribution in [-0.2, 0) is 4.79 Å². The molecule has 18 heavy (non-hydrogen) atoms. The Morgan fingerprint density at radius 2 is 1.06 bits per heavy atom. The first-order chi connectivity index (χ1) is 8.45. The standard InChI is InChI=1S/C15H22OS2/c1-11-5-17(6-12(11)2)9-15(16)10-18-7-13(3)14(4)8-18/h5-8,17-18H,9-10H2,1-4H3. The molecule has 0 aliphatic carbocycles. The summed E-state index contributed by atoms with van der Waals surface area (Å²) in [5.74, 6) is 1.91. The quantitative estimate of drug-likeness (QED) is 0.739. The van der Waals surface area contributed by atoms with Crippen LogP contribution >= 0.6 is 21.8 Å². The Hall–Kier alpha value is -0.670. The molecule has 1 nitrogen and oxygen atoms in total. The minimum Gasteiger partial charge on any atom is -0.298 e. The van der Waals surface area contributed by atoms with Gasteiger partial charge in [-0.2, -0.15) is 0 Å². The molecule has 0 aromatic heterocycles. The van der Waals surface area contributed by atoms with E-state index in [0.29, 0.717) is 5.78 Å². The molecule has 0 saturated heterocycles. The number of thiol groups is 2. The van der Waals surface area contributed by atoms with E-state index in [-0.39, 0.29) is 21.8 Å². The summed E-state index contributed by atoms with van der Waals surface area (Å²) in [6.07, 6.45) is 0. The van der Waals surface area contributed by atoms with Gasteiger partial charge in [0.2, 0.25) is 0 Å². The van der Waals surface area contributed by atoms with E-state index >= 15 is 0 Å². The first-order valence-corrected chi connectivity index (χ1v) is 9.56. The van der Waals surface area contributed by atoms with Crippen molar-refractivity contribution in [3.05, 3.63) is 43.9 Å². The Kier molecular flexibility index (Phi) is 4.23. The first kappa shape index (κ1) is 13.8. The second-order valence-corrected chi connectivity index (χ2v) is 8.85. The zero-order valence-electron chi connectivity index (χ0n) is 11.5. The average Bonchev–Trinajstić information content (AvgIpc) is 2.72. The number of carbonyl (C=O) groups is 1. The van der Waals surface area contributed by atoms with Gasteiger partial charge in [0.05, 0.1) is 0 Å². The van der Waals surface area contributed by atoms with Gasteiger partial charge in [-0.3, -0.25) is 4.79 Å². The van der Waals surface area contributed by atoms with Crippen molar-refractivity contribution < 1.29 is 4.79 Å². The zero-order chi connectivity index (χ0) is 13.3. The van der Waals surface area contributed by atoms with Crippen LogP contribution in [0.4, 0.5) is 0 Å². The summed E-state index contributed by atoms with van der Waals surface area (Å²) in [6.45, 7) is 8.55. The molecule has 0 radical (unpaired) electrons. The van der Waals surface area contributed by atoms with Crippen molar-refractivity contribution >= 4 is 27.6 Å². The molecule has 0 spiro atoms. The van der Waals surface area contributed by atoms with Crippen molar-refractivity contribution in [3.8, 4) is 0 Å². The van der Waals surface area contributed by atoms with E-state index in [9.17, 15) is 4.79 Å². The Labute approximate surface area is 115 Å². The van der Waals surface area contributed by atoms with Gasteiger partial charge in [0.25, 0.3) is 0 Å². The molecule has 2 aliphatic heterocycles. The van der Waals surface area contributed by atoms with Gasteiger partial charge in [0.1, 0.15) is 5.78 Å². The molecular weight excluding hydrogens is 260 g/mol. The number of carbonyl (C=O) groups excluding carboxylic acids is 1. The van der Waals surface area contributed by atoms with Gasteiger partial charge < -0.3 is 0 Å². The van der Waals surface area contributed by atoms with Crippen molar-refractivity contribution in [1.82, 2.24) is 0 Å². The molecule has 0 atom stereocenters. The first-order valence-electron chi connectivity index (χ1n) is 6.23. The highest BCUT2D eigenvalue weighted by Crippen LogP contribution is 2.42. The molecule has 2 aliphatic rings. The van der Waals surface area contributed by atoms with Crippen molar-refractivity contribution in [2.45, 2.75) is 27.7 Å². The van der Waals surface area contributed by atoms with Gasteiger partial charge in [-0.15, -0.1) is 0 Å². The topological polar surface area (TPSA) is 17.1 Å². The van der Waals surface area contributed by atoms with Crippen LogP contribution in [0.25, 0.3) is 0 Å². The maximum atomic E-state index is 12.1. The number of allylic oxidation sites excluding steroid dienone is 4. The van der Waals surface area contributed by atoms with Crippen LogP contribution in [0.3, 0.4) is 0 Å². The number of hydrogen-bond acceptors (Lipinski definition) is 1. The lowest BCUT2D eigenvalue weighted by atomic mass is 10.2. The molecule has 0 N–H and O–H groups in total. The van der Waals surface area contributed by atoms with Gasteiger partial charge in [-0.1, -0.05) is 0 Å². The van der Waals surface area contributed by atoms with Crippen molar-refractivity contribution in [2.75, 3.05) is 11.5 Å². The Morgan fingerprint density at radius 1 is 0.778 bits per heavy atom. The minimum atomic E-state index is -0.310. The summed E-state index contributed by atoms with van der Waals surface area (Å²) in [4.78, 5) is 12.1. The van der Waals surface area contributed by atoms with Crippen molar-refractivity contribution in [3.63, 3.8) is 0 Å². The van der Waals surface area contributed by atoms with Crippen LogP contribution < -0.4 is 0 Å². The molecular formula is C15H22OS2. The highest BCUT2D eigenvalue weighted by Gasteiger charge is 2.16. The normalized spacial score (nSPS) is 22.7. The van der Waals surface area contributed by atoms with Crippen LogP contribution in [0.15, 0.2) is 43.9 Å². The molecule has 2 rings (SSSR count). The van der Waals surface area contributed by atoms with Gasteiger partial charge in [-0.25, -0.2) is 21.8 Å². The summed E-state index contributed by atoms with van der Waals surface area (Å²) in [5, 5.41) is 9.14. The lowest BCUT2D eigenvalue weighted by molar-refractivity contribution is -0.114. The Bertz CT molecular complexity index is 415. The van der Waals surface area contributed by atoms with E-state index in [1.54, 1.807) is 0 Å². The zero-order valence-corrected chi connectivity index (χ0v) is 13.3. The van der Waals surface area contributed by atoms with Crippen LogP contribution in [-0.4, -0.2) is 17.3 Å². The number of hydrogen-bond donors (Lipinski definition) is 2. The van der Waals surface area contributed by atoms with Crippen molar-refractivity contribution in [2.24, 2.45) is 0 Å². The van der Waals surface area contributed by atoms with Gasteiger partial charge >= 0.3 is 0 Å². The van der Waals surface area contributed by atoms with E-state index in [0.717, 1.165) is 11.5 Å². The van der Waals surface area contributed by atoms with E-state index < -0.39 is 0 Å². The highest BCUT2D eigenvalue weighted by atomic mass is 32.2. The average molecular weight is 282 g/mol. The summed E-state index contributed by atoms with van der Waals surface area (Å²) >= 11 is 0. The molecule has 100 valence electrons. The predicted octanol–water partition coefficient (Wildman–Crippen LogP) is 4.20. The third-order valence-corrected chi connectivity index (χ3v) is 7.71. The maximum Gasteiger partial charge on any atom is 0.150 e. The van der Waals surface area contributed by atoms with Crippen LogP contribution in [0, 0.1) is 0 Å². The third kappa shape index (κ3) is 3.21. The fraction of sp³-hybridized carbons (Fsp3) is 0.400. The molecule has 0 bridgehead atoms. The van der Waals surface area contributed by atoms with Gasteiger partial charge in [0.15, 0.2) is 0 Å². The molecule has 0 aromatic rings. The van der Waals surface area contributed by atoms with E-state index in [2.05, 4.69) is 49.3 Å². The van der Waals surface area contributed by atoms with Crippen LogP contribution in [0.2, 0.25) is 0 Å². The highest BCUT2D eigenvalue weighted by molar-refractivity contribution is 8.24. The van der Waals surface area contributed by atoms with E-state index in [1.807, 2.05) is 0 Å². The number of ketones is 1. The maximum absolute atomic E-state index is 12.1. The fourth-order valence-electron chi connectivity index (χ4n) is 2.12. The Morgan fingerprint density at radius 3 is 1.33 bits per heavy atom. The monoisotopic (exact) mass is 282 g/mol. The second kappa shape index (κ2) is 5.54. The van der Waals surface area contributed by atoms with E-state index in [4.69, 9.17) is 0 Å². The molecule has 0 amide bonds. The smallest absolute Gasteiger partial charge is 0.150 e. The summed E-state index contributed by atoms with van der Waals surface area (Å²) < 4.78 is 0. The second-order valence-electron chi connectivity index (χ2n) is 5.13. The Balaban J connectivity index is 1.88. The summed E-state index contributed by atoms with van der Waals surface area (Å²) in [5.41, 5.74) is 5.41. The largest absolute Gasteiger partial charge is 0.298 e. The lowest BCUT2D eigenvalue weighted by Gasteiger charge is -2.12. The molecule has 0 fully saturated rings. The molecule has 0 saturated carbocycles. The molecule has 0 unspecified atom stereocenters. The molecule has 2 heterocycles. The van der Waals surface area contributed by atoms with Crippen LogP contribution in [0.5, 0.6) is 0 Å². The summed E-state index contributed by atoms with van der Waals surface area (Å²) in [6, 6.07) is 0. The number of rotatable bonds is 4. The van der Waals surface area contributed by atoms with Crippen molar-refractivity contribution in [1.29, 1.82) is 0 Å². The summed E-state index contributed by atoms with van der Waals surface area (Å²) in [7, 11) is -0.620. The third-order valence-electron chi connectivity index (χ3n) is 3.40. The van der Waals surface area contributed by atoms with Crippen LogP contribution in [0.1, 0.15) is 27.7 Å².